The van der Waals surface area contributed by atoms with Gasteiger partial charge in [-0.15, -0.1) is 0 Å². The molecule has 0 aliphatic heterocycles. The van der Waals surface area contributed by atoms with Crippen LogP contribution in [0.1, 0.15) is 34.1 Å². The molecule has 0 spiro atoms. The summed E-state index contributed by atoms with van der Waals surface area (Å²) in [6.45, 7) is 8.15. The number of nitriles is 1. The Labute approximate surface area is 114 Å². The lowest BCUT2D eigenvalue weighted by Crippen LogP contribution is -2.48. The van der Waals surface area contributed by atoms with E-state index in [9.17, 15) is 9.59 Å². The van der Waals surface area contributed by atoms with Crippen molar-refractivity contribution in [1.29, 1.82) is 5.26 Å². The van der Waals surface area contributed by atoms with E-state index in [1.54, 1.807) is 11.8 Å². The summed E-state index contributed by atoms with van der Waals surface area (Å²) < 4.78 is 0. The number of amides is 2. The van der Waals surface area contributed by atoms with Gasteiger partial charge in [0.25, 0.3) is 0 Å². The number of hydrogen-bond donors (Lipinski definition) is 1. The molecule has 0 bridgehead atoms. The Kier molecular flexibility index (Phi) is 7.57. The third-order valence-corrected chi connectivity index (χ3v) is 2.90. The van der Waals surface area contributed by atoms with Gasteiger partial charge in [-0.25, -0.2) is 4.79 Å². The smallest absolute Gasteiger partial charge is 0.320 e. The standard InChI is InChI=1S/C13H23N3O3/c1-5-15(9-11(4)12(17)18)13(19)16(10(2)3)8-6-7-14/h10-11H,5-6,8-9H2,1-4H3,(H,17,18). The normalized spacial score (nSPS) is 11.8. The molecule has 0 aromatic carbocycles. The van der Waals surface area contributed by atoms with Crippen molar-refractivity contribution in [2.24, 2.45) is 5.92 Å². The zero-order chi connectivity index (χ0) is 15.0. The van der Waals surface area contributed by atoms with Crippen LogP contribution >= 0.6 is 0 Å². The van der Waals surface area contributed by atoms with E-state index in [4.69, 9.17) is 10.4 Å². The van der Waals surface area contributed by atoms with Crippen LogP contribution < -0.4 is 0 Å². The summed E-state index contributed by atoms with van der Waals surface area (Å²) in [6, 6.07) is 1.79. The van der Waals surface area contributed by atoms with Crippen LogP contribution in [0.2, 0.25) is 0 Å². The quantitative estimate of drug-likeness (QED) is 0.763. The number of carbonyl (C=O) groups is 2. The molecule has 0 heterocycles. The van der Waals surface area contributed by atoms with Gasteiger partial charge in [-0.2, -0.15) is 5.26 Å². The first-order valence-corrected chi connectivity index (χ1v) is 6.50. The van der Waals surface area contributed by atoms with Gasteiger partial charge in [0.2, 0.25) is 0 Å². The van der Waals surface area contributed by atoms with Gasteiger partial charge >= 0.3 is 12.0 Å². The van der Waals surface area contributed by atoms with Gasteiger partial charge in [-0.1, -0.05) is 6.92 Å². The van der Waals surface area contributed by atoms with E-state index < -0.39 is 11.9 Å². The first-order chi connectivity index (χ1) is 8.84. The SMILES string of the molecule is CCN(CC(C)C(=O)O)C(=O)N(CCC#N)C(C)C. The highest BCUT2D eigenvalue weighted by atomic mass is 16.4. The first-order valence-electron chi connectivity index (χ1n) is 6.50. The molecule has 0 radical (unpaired) electrons. The van der Waals surface area contributed by atoms with Crippen LogP contribution in [0.5, 0.6) is 0 Å². The van der Waals surface area contributed by atoms with Gasteiger partial charge in [-0.05, 0) is 20.8 Å². The molecule has 0 aliphatic carbocycles. The summed E-state index contributed by atoms with van der Waals surface area (Å²) in [4.78, 5) is 26.3. The third-order valence-electron chi connectivity index (χ3n) is 2.90. The molecule has 0 aromatic rings. The van der Waals surface area contributed by atoms with E-state index in [2.05, 4.69) is 0 Å². The number of urea groups is 1. The fraction of sp³-hybridized carbons (Fsp3) is 0.769. The summed E-state index contributed by atoms with van der Waals surface area (Å²) in [5.41, 5.74) is 0. The Bertz CT molecular complexity index is 350. The second kappa shape index (κ2) is 8.35. The lowest BCUT2D eigenvalue weighted by Gasteiger charge is -2.33. The Morgan fingerprint density at radius 2 is 1.89 bits per heavy atom. The van der Waals surface area contributed by atoms with Crippen molar-refractivity contribution in [1.82, 2.24) is 9.80 Å². The number of aliphatic carboxylic acids is 1. The second-order valence-electron chi connectivity index (χ2n) is 4.76. The molecule has 0 aromatic heterocycles. The minimum atomic E-state index is -0.917. The van der Waals surface area contributed by atoms with E-state index in [0.717, 1.165) is 0 Å². The van der Waals surface area contributed by atoms with Gasteiger partial charge in [0.05, 0.1) is 18.4 Å². The van der Waals surface area contributed by atoms with Crippen LogP contribution in [0.15, 0.2) is 0 Å². The topological polar surface area (TPSA) is 84.6 Å². The molecule has 0 rings (SSSR count). The van der Waals surface area contributed by atoms with Crippen molar-refractivity contribution in [3.63, 3.8) is 0 Å². The molecule has 0 fully saturated rings. The first kappa shape index (κ1) is 17.2. The minimum Gasteiger partial charge on any atom is -0.481 e. The number of rotatable bonds is 7. The zero-order valence-electron chi connectivity index (χ0n) is 12.1. The third kappa shape index (κ3) is 5.60. The summed E-state index contributed by atoms with van der Waals surface area (Å²) in [5, 5.41) is 17.5. The average Bonchev–Trinajstić information content (AvgIpc) is 2.35. The summed E-state index contributed by atoms with van der Waals surface area (Å²) in [7, 11) is 0. The van der Waals surface area contributed by atoms with Gasteiger partial charge in [-0.3, -0.25) is 4.79 Å². The molecular weight excluding hydrogens is 246 g/mol. The molecule has 108 valence electrons. The molecule has 2 amide bonds. The zero-order valence-corrected chi connectivity index (χ0v) is 12.1. The van der Waals surface area contributed by atoms with Gasteiger partial charge in [0, 0.05) is 25.7 Å². The Morgan fingerprint density at radius 1 is 1.32 bits per heavy atom. The Balaban J connectivity index is 4.78. The van der Waals surface area contributed by atoms with Gasteiger partial charge < -0.3 is 14.9 Å². The van der Waals surface area contributed by atoms with Crippen molar-refractivity contribution < 1.29 is 14.7 Å². The number of carbonyl (C=O) groups excluding carboxylic acids is 1. The minimum absolute atomic E-state index is 0.0185. The summed E-state index contributed by atoms with van der Waals surface area (Å²) in [5.74, 6) is -1.52. The number of hydrogen-bond acceptors (Lipinski definition) is 3. The van der Waals surface area contributed by atoms with E-state index in [0.29, 0.717) is 13.1 Å². The highest BCUT2D eigenvalue weighted by molar-refractivity contribution is 5.76. The van der Waals surface area contributed by atoms with Crippen molar-refractivity contribution in [3.8, 4) is 6.07 Å². The molecule has 1 atom stereocenters. The van der Waals surface area contributed by atoms with Crippen LogP contribution in [0.4, 0.5) is 4.79 Å². The summed E-state index contributed by atoms with van der Waals surface area (Å²) >= 11 is 0. The molecule has 19 heavy (non-hydrogen) atoms. The van der Waals surface area contributed by atoms with E-state index in [-0.39, 0.29) is 25.0 Å². The maximum atomic E-state index is 12.3. The molecule has 0 saturated carbocycles. The fourth-order valence-corrected chi connectivity index (χ4v) is 1.68. The molecular formula is C13H23N3O3. The van der Waals surface area contributed by atoms with Gasteiger partial charge in [0.15, 0.2) is 0 Å². The predicted octanol–water partition coefficient (Wildman–Crippen LogP) is 1.77. The summed E-state index contributed by atoms with van der Waals surface area (Å²) in [6.07, 6.45) is 0.274. The Hall–Kier alpha value is -1.77. The number of carboxylic acids is 1. The predicted molar refractivity (Wildman–Crippen MR) is 71.5 cm³/mol. The van der Waals surface area contributed by atoms with E-state index in [1.165, 1.54) is 4.90 Å². The van der Waals surface area contributed by atoms with E-state index >= 15 is 0 Å². The Morgan fingerprint density at radius 3 is 2.26 bits per heavy atom. The van der Waals surface area contributed by atoms with Crippen LogP contribution in [-0.2, 0) is 4.79 Å². The molecule has 1 N–H and O–H groups in total. The largest absolute Gasteiger partial charge is 0.481 e. The van der Waals surface area contributed by atoms with Gasteiger partial charge in [0.1, 0.15) is 0 Å². The van der Waals surface area contributed by atoms with Crippen molar-refractivity contribution >= 4 is 12.0 Å². The van der Waals surface area contributed by atoms with Crippen LogP contribution in [0.25, 0.3) is 0 Å². The number of carboxylic acid groups (broad SMARTS) is 1. The molecule has 0 aliphatic rings. The lowest BCUT2D eigenvalue weighted by molar-refractivity contribution is -0.141. The van der Waals surface area contributed by atoms with Crippen LogP contribution in [-0.4, -0.2) is 52.6 Å². The van der Waals surface area contributed by atoms with Crippen molar-refractivity contribution in [2.75, 3.05) is 19.6 Å². The molecule has 0 saturated heterocycles. The highest BCUT2D eigenvalue weighted by Crippen LogP contribution is 2.08. The lowest BCUT2D eigenvalue weighted by atomic mass is 10.1. The second-order valence-corrected chi connectivity index (χ2v) is 4.76. The number of nitrogens with zero attached hydrogens (tertiary/aromatic N) is 3. The molecule has 6 heteroatoms. The van der Waals surface area contributed by atoms with Crippen molar-refractivity contribution in [3.05, 3.63) is 0 Å². The fourth-order valence-electron chi connectivity index (χ4n) is 1.68. The molecule has 1 unspecified atom stereocenters. The van der Waals surface area contributed by atoms with Crippen molar-refractivity contribution in [2.45, 2.75) is 40.2 Å². The highest BCUT2D eigenvalue weighted by Gasteiger charge is 2.25. The maximum absolute atomic E-state index is 12.3. The maximum Gasteiger partial charge on any atom is 0.320 e. The van der Waals surface area contributed by atoms with E-state index in [1.807, 2.05) is 26.8 Å². The van der Waals surface area contributed by atoms with Crippen LogP contribution in [0.3, 0.4) is 0 Å². The monoisotopic (exact) mass is 269 g/mol. The average molecular weight is 269 g/mol. The molecule has 6 nitrogen and oxygen atoms in total. The van der Waals surface area contributed by atoms with Crippen LogP contribution in [0, 0.1) is 17.2 Å².